The summed E-state index contributed by atoms with van der Waals surface area (Å²) in [5.74, 6) is -0.761. The third-order valence-electron chi connectivity index (χ3n) is 1.75. The number of nitrogens with zero attached hydrogens (tertiary/aromatic N) is 2. The van der Waals surface area contributed by atoms with E-state index >= 15 is 0 Å². The molecule has 0 saturated carbocycles. The van der Waals surface area contributed by atoms with E-state index in [-0.39, 0.29) is 15.0 Å². The number of hydrogen-bond acceptors (Lipinski definition) is 4. The van der Waals surface area contributed by atoms with E-state index in [0.29, 0.717) is 0 Å². The van der Waals surface area contributed by atoms with Crippen LogP contribution in [0.2, 0.25) is 0 Å². The SMILES string of the molecule is COC(=O)c1cc(C(F)F)c(C#N)nc1I. The Labute approximate surface area is 103 Å². The van der Waals surface area contributed by atoms with Gasteiger partial charge in [-0.15, -0.1) is 0 Å². The Morgan fingerprint density at radius 2 is 2.31 bits per heavy atom. The number of hydrogen-bond donors (Lipinski definition) is 0. The fourth-order valence-electron chi connectivity index (χ4n) is 1.02. The fraction of sp³-hybridized carbons (Fsp3) is 0.222. The van der Waals surface area contributed by atoms with Gasteiger partial charge in [0, 0.05) is 0 Å². The van der Waals surface area contributed by atoms with Gasteiger partial charge in [-0.1, -0.05) is 0 Å². The van der Waals surface area contributed by atoms with E-state index in [2.05, 4.69) is 9.72 Å². The Morgan fingerprint density at radius 3 is 2.75 bits per heavy atom. The maximum atomic E-state index is 12.5. The zero-order chi connectivity index (χ0) is 12.3. The molecule has 84 valence electrons. The lowest BCUT2D eigenvalue weighted by atomic mass is 10.1. The van der Waals surface area contributed by atoms with Crippen LogP contribution in [0.15, 0.2) is 6.07 Å². The summed E-state index contributed by atoms with van der Waals surface area (Å²) in [7, 11) is 1.14. The van der Waals surface area contributed by atoms with E-state index in [1.165, 1.54) is 0 Å². The average molecular weight is 338 g/mol. The first-order valence-corrected chi connectivity index (χ1v) is 5.06. The third kappa shape index (κ3) is 2.44. The molecule has 0 bridgehead atoms. The standard InChI is InChI=1S/C9H5F2IN2O2/c1-16-9(15)5-2-4(7(10)11)6(3-13)14-8(5)12/h2,7H,1H3. The second-order valence-electron chi connectivity index (χ2n) is 2.67. The van der Waals surface area contributed by atoms with Crippen molar-refractivity contribution in [2.75, 3.05) is 7.11 Å². The highest BCUT2D eigenvalue weighted by Crippen LogP contribution is 2.25. The van der Waals surface area contributed by atoms with Crippen molar-refractivity contribution in [1.82, 2.24) is 4.98 Å². The summed E-state index contributed by atoms with van der Waals surface area (Å²) in [6.07, 6.45) is -2.86. The zero-order valence-corrected chi connectivity index (χ0v) is 10.2. The summed E-state index contributed by atoms with van der Waals surface area (Å²) in [5, 5.41) is 8.61. The first kappa shape index (κ1) is 12.8. The molecule has 0 aliphatic carbocycles. The lowest BCUT2D eigenvalue weighted by molar-refractivity contribution is 0.0598. The largest absolute Gasteiger partial charge is 0.465 e. The Hall–Kier alpha value is -1.30. The van der Waals surface area contributed by atoms with Crippen molar-refractivity contribution in [2.24, 2.45) is 0 Å². The van der Waals surface area contributed by atoms with Gasteiger partial charge >= 0.3 is 5.97 Å². The van der Waals surface area contributed by atoms with Crippen LogP contribution >= 0.6 is 22.6 Å². The first-order valence-electron chi connectivity index (χ1n) is 3.98. The van der Waals surface area contributed by atoms with Crippen LogP contribution in [-0.4, -0.2) is 18.1 Å². The number of rotatable bonds is 2. The maximum absolute atomic E-state index is 12.5. The molecule has 0 N–H and O–H groups in total. The predicted molar refractivity (Wildman–Crippen MR) is 58.0 cm³/mol. The van der Waals surface area contributed by atoms with Crippen LogP contribution in [0.25, 0.3) is 0 Å². The molecule has 0 fully saturated rings. The number of methoxy groups -OCH3 is 1. The van der Waals surface area contributed by atoms with Gasteiger partial charge in [-0.3, -0.25) is 0 Å². The smallest absolute Gasteiger partial charge is 0.340 e. The predicted octanol–water partition coefficient (Wildman–Crippen LogP) is 2.28. The van der Waals surface area contributed by atoms with E-state index in [1.807, 2.05) is 0 Å². The van der Waals surface area contributed by atoms with E-state index in [0.717, 1.165) is 13.2 Å². The minimum absolute atomic E-state index is 0.0719. The summed E-state index contributed by atoms with van der Waals surface area (Å²) in [6, 6.07) is 2.49. The van der Waals surface area contributed by atoms with Crippen LogP contribution < -0.4 is 0 Å². The zero-order valence-electron chi connectivity index (χ0n) is 8.00. The fourth-order valence-corrected chi connectivity index (χ4v) is 1.63. The van der Waals surface area contributed by atoms with Crippen molar-refractivity contribution in [1.29, 1.82) is 5.26 Å². The van der Waals surface area contributed by atoms with Crippen LogP contribution in [0.1, 0.15) is 28.0 Å². The lowest BCUT2D eigenvalue weighted by Crippen LogP contribution is -2.09. The summed E-state index contributed by atoms with van der Waals surface area (Å²) >= 11 is 1.68. The molecule has 0 saturated heterocycles. The van der Waals surface area contributed by atoms with Crippen molar-refractivity contribution >= 4 is 28.6 Å². The normalized spacial score (nSPS) is 10.0. The quantitative estimate of drug-likeness (QED) is 0.472. The topological polar surface area (TPSA) is 63.0 Å². The minimum Gasteiger partial charge on any atom is -0.465 e. The Balaban J connectivity index is 3.40. The minimum atomic E-state index is -2.86. The summed E-state index contributed by atoms with van der Waals surface area (Å²) in [4.78, 5) is 14.8. The van der Waals surface area contributed by atoms with E-state index < -0.39 is 18.0 Å². The van der Waals surface area contributed by atoms with E-state index in [1.54, 1.807) is 28.7 Å². The van der Waals surface area contributed by atoms with Crippen LogP contribution in [-0.2, 0) is 4.74 Å². The highest BCUT2D eigenvalue weighted by atomic mass is 127. The van der Waals surface area contributed by atoms with Gasteiger partial charge < -0.3 is 4.74 Å². The number of aromatic nitrogens is 1. The Kier molecular flexibility index (Phi) is 4.12. The average Bonchev–Trinajstić information content (AvgIpc) is 2.27. The van der Waals surface area contributed by atoms with Gasteiger partial charge in [0.25, 0.3) is 6.43 Å². The van der Waals surface area contributed by atoms with Crippen LogP contribution in [0.4, 0.5) is 8.78 Å². The second-order valence-corrected chi connectivity index (χ2v) is 3.69. The Morgan fingerprint density at radius 1 is 1.69 bits per heavy atom. The molecule has 0 aromatic carbocycles. The molecule has 0 radical (unpaired) electrons. The molecular formula is C9H5F2IN2O2. The number of ether oxygens (including phenoxy) is 1. The number of nitriles is 1. The first-order chi connectivity index (χ1) is 7.51. The van der Waals surface area contributed by atoms with E-state index in [9.17, 15) is 13.6 Å². The van der Waals surface area contributed by atoms with Crippen molar-refractivity contribution in [3.05, 3.63) is 26.6 Å². The van der Waals surface area contributed by atoms with Gasteiger partial charge in [0.1, 0.15) is 9.77 Å². The van der Waals surface area contributed by atoms with Crippen LogP contribution in [0.3, 0.4) is 0 Å². The maximum Gasteiger partial charge on any atom is 0.340 e. The van der Waals surface area contributed by atoms with Gasteiger partial charge in [-0.05, 0) is 28.7 Å². The van der Waals surface area contributed by atoms with Crippen molar-refractivity contribution in [3.8, 4) is 6.07 Å². The lowest BCUT2D eigenvalue weighted by Gasteiger charge is -2.06. The number of carbonyl (C=O) groups is 1. The molecule has 16 heavy (non-hydrogen) atoms. The molecule has 0 atom stereocenters. The molecule has 1 rings (SSSR count). The molecule has 0 aliphatic rings. The van der Waals surface area contributed by atoms with Crippen molar-refractivity contribution in [3.63, 3.8) is 0 Å². The number of alkyl halides is 2. The number of carbonyl (C=O) groups excluding carboxylic acids is 1. The van der Waals surface area contributed by atoms with Gasteiger partial charge in [0.2, 0.25) is 0 Å². The molecule has 1 heterocycles. The highest BCUT2D eigenvalue weighted by Gasteiger charge is 2.21. The van der Waals surface area contributed by atoms with Gasteiger partial charge in [0.15, 0.2) is 5.69 Å². The number of pyridine rings is 1. The molecule has 1 aromatic rings. The molecule has 0 unspecified atom stereocenters. The summed E-state index contributed by atoms with van der Waals surface area (Å²) in [5.41, 5.74) is -1.02. The molecule has 4 nitrogen and oxygen atoms in total. The molecular weight excluding hydrogens is 333 g/mol. The van der Waals surface area contributed by atoms with Gasteiger partial charge in [0.05, 0.1) is 18.2 Å². The van der Waals surface area contributed by atoms with Crippen LogP contribution in [0.5, 0.6) is 0 Å². The molecule has 1 aromatic heterocycles. The van der Waals surface area contributed by atoms with E-state index in [4.69, 9.17) is 5.26 Å². The van der Waals surface area contributed by atoms with Crippen molar-refractivity contribution in [2.45, 2.75) is 6.43 Å². The molecule has 7 heteroatoms. The summed E-state index contributed by atoms with van der Waals surface area (Å²) < 4.78 is 29.7. The molecule has 0 amide bonds. The second kappa shape index (κ2) is 5.16. The molecule has 0 spiro atoms. The highest BCUT2D eigenvalue weighted by molar-refractivity contribution is 14.1. The van der Waals surface area contributed by atoms with Gasteiger partial charge in [-0.2, -0.15) is 5.26 Å². The monoisotopic (exact) mass is 338 g/mol. The third-order valence-corrected chi connectivity index (χ3v) is 2.57. The number of esters is 1. The number of halogens is 3. The van der Waals surface area contributed by atoms with Gasteiger partial charge in [-0.25, -0.2) is 18.6 Å². The summed E-state index contributed by atoms with van der Waals surface area (Å²) in [6.45, 7) is 0. The Bertz CT molecular complexity index is 471. The molecule has 0 aliphatic heterocycles. The van der Waals surface area contributed by atoms with Crippen molar-refractivity contribution < 1.29 is 18.3 Å². The van der Waals surface area contributed by atoms with Crippen LogP contribution in [0, 0.1) is 15.0 Å².